The van der Waals surface area contributed by atoms with Crippen LogP contribution in [0.1, 0.15) is 72.1 Å². The van der Waals surface area contributed by atoms with E-state index >= 15 is 0 Å². The molecule has 2 aromatic heterocycles. The van der Waals surface area contributed by atoms with Gasteiger partial charge >= 0.3 is 0 Å². The SMILES string of the molecule is CC1CCCN(Cc2csc(NC(=O)c3cc4c([nH]c3=O)CC(C)(C)CC4=O)n2)C1. The number of hydrogen-bond donors (Lipinski definition) is 2. The van der Waals surface area contributed by atoms with E-state index < -0.39 is 11.5 Å². The standard InChI is InChI=1S/C22H28N4O3S/c1-13-5-4-6-26(10-13)11-14-12-30-21(23-14)25-20(29)16-7-15-17(24-19(16)28)8-22(2,3)9-18(15)27/h7,12-13H,4-6,8-11H2,1-3H3,(H,24,28)(H,23,25,29). The van der Waals surface area contributed by atoms with Gasteiger partial charge in [0.15, 0.2) is 10.9 Å². The smallest absolute Gasteiger partial charge is 0.263 e. The summed E-state index contributed by atoms with van der Waals surface area (Å²) in [5, 5.41) is 5.13. The Morgan fingerprint density at radius 1 is 1.37 bits per heavy atom. The van der Waals surface area contributed by atoms with Gasteiger partial charge in [-0.15, -0.1) is 11.3 Å². The Kier molecular flexibility index (Phi) is 5.63. The number of nitrogens with one attached hydrogen (secondary N) is 2. The third-order valence-electron chi connectivity index (χ3n) is 5.86. The van der Waals surface area contributed by atoms with Crippen LogP contribution >= 0.6 is 11.3 Å². The van der Waals surface area contributed by atoms with Crippen LogP contribution in [0, 0.1) is 11.3 Å². The van der Waals surface area contributed by atoms with Crippen molar-refractivity contribution in [1.29, 1.82) is 0 Å². The molecule has 1 saturated heterocycles. The maximum Gasteiger partial charge on any atom is 0.263 e. The van der Waals surface area contributed by atoms with Crippen LogP contribution in [-0.2, 0) is 13.0 Å². The number of ketones is 1. The fourth-order valence-corrected chi connectivity index (χ4v) is 5.15. The molecule has 2 aliphatic rings. The fraction of sp³-hybridized carbons (Fsp3) is 0.545. The summed E-state index contributed by atoms with van der Waals surface area (Å²) in [5.41, 5.74) is 1.25. The number of pyridine rings is 1. The molecule has 30 heavy (non-hydrogen) atoms. The van der Waals surface area contributed by atoms with E-state index in [-0.39, 0.29) is 16.8 Å². The van der Waals surface area contributed by atoms with Crippen molar-refractivity contribution in [3.05, 3.63) is 44.3 Å². The Hall–Kier alpha value is -2.32. The van der Waals surface area contributed by atoms with Gasteiger partial charge in [-0.25, -0.2) is 4.98 Å². The minimum atomic E-state index is -0.538. The Morgan fingerprint density at radius 2 is 2.17 bits per heavy atom. The molecule has 1 atom stereocenters. The molecule has 0 spiro atoms. The molecule has 0 saturated carbocycles. The van der Waals surface area contributed by atoms with Gasteiger partial charge in [0.05, 0.1) is 5.69 Å². The van der Waals surface area contributed by atoms with Crippen molar-refractivity contribution in [2.75, 3.05) is 18.4 Å². The van der Waals surface area contributed by atoms with Crippen molar-refractivity contribution in [2.45, 2.75) is 53.0 Å². The molecule has 1 amide bonds. The molecule has 8 heteroatoms. The normalized spacial score (nSPS) is 21.3. The van der Waals surface area contributed by atoms with Gasteiger partial charge in [0.1, 0.15) is 5.56 Å². The number of nitrogens with zero attached hydrogens (tertiary/aromatic N) is 2. The van der Waals surface area contributed by atoms with Gasteiger partial charge in [0.2, 0.25) is 0 Å². The summed E-state index contributed by atoms with van der Waals surface area (Å²) in [6.45, 7) is 9.16. The van der Waals surface area contributed by atoms with Gasteiger partial charge < -0.3 is 4.98 Å². The number of Topliss-reactive ketones (excluding diaryl/α,β-unsaturated/α-hetero) is 1. The average molecular weight is 429 g/mol. The molecule has 0 bridgehead atoms. The van der Waals surface area contributed by atoms with Crippen molar-refractivity contribution in [3.63, 3.8) is 0 Å². The number of aromatic nitrogens is 2. The summed E-state index contributed by atoms with van der Waals surface area (Å²) in [7, 11) is 0. The largest absolute Gasteiger partial charge is 0.325 e. The molecule has 0 aromatic carbocycles. The third kappa shape index (κ3) is 4.54. The predicted molar refractivity (Wildman–Crippen MR) is 117 cm³/mol. The molecule has 2 N–H and O–H groups in total. The van der Waals surface area contributed by atoms with Gasteiger partial charge in [-0.1, -0.05) is 20.8 Å². The number of anilines is 1. The van der Waals surface area contributed by atoms with Gasteiger partial charge in [-0.2, -0.15) is 0 Å². The number of amides is 1. The number of piperidine rings is 1. The number of likely N-dealkylation sites (tertiary alicyclic amines) is 1. The van der Waals surface area contributed by atoms with Crippen molar-refractivity contribution in [2.24, 2.45) is 11.3 Å². The van der Waals surface area contributed by atoms with Crippen LogP contribution in [0.4, 0.5) is 5.13 Å². The highest BCUT2D eigenvalue weighted by Crippen LogP contribution is 2.33. The van der Waals surface area contributed by atoms with Crippen molar-refractivity contribution < 1.29 is 9.59 Å². The Balaban J connectivity index is 1.47. The van der Waals surface area contributed by atoms with Crippen LogP contribution in [0.3, 0.4) is 0 Å². The number of rotatable bonds is 4. The molecule has 0 radical (unpaired) electrons. The van der Waals surface area contributed by atoms with Crippen molar-refractivity contribution in [3.8, 4) is 0 Å². The second kappa shape index (κ2) is 8.07. The lowest BCUT2D eigenvalue weighted by Crippen LogP contribution is -2.33. The molecule has 3 heterocycles. The number of aromatic amines is 1. The number of carbonyl (C=O) groups excluding carboxylic acids is 2. The lowest BCUT2D eigenvalue weighted by atomic mass is 9.75. The Bertz CT molecular complexity index is 1040. The first-order chi connectivity index (χ1) is 14.2. The number of carbonyl (C=O) groups is 2. The molecular weight excluding hydrogens is 400 g/mol. The van der Waals surface area contributed by atoms with E-state index in [2.05, 4.69) is 27.1 Å². The lowest BCUT2D eigenvalue weighted by molar-refractivity contribution is 0.0910. The highest BCUT2D eigenvalue weighted by Gasteiger charge is 2.32. The maximum atomic E-state index is 12.7. The minimum Gasteiger partial charge on any atom is -0.325 e. The molecule has 4 rings (SSSR count). The molecule has 1 unspecified atom stereocenters. The van der Waals surface area contributed by atoms with Crippen LogP contribution in [0.2, 0.25) is 0 Å². The number of hydrogen-bond acceptors (Lipinski definition) is 6. The highest BCUT2D eigenvalue weighted by atomic mass is 32.1. The third-order valence-corrected chi connectivity index (χ3v) is 6.67. The van der Waals surface area contributed by atoms with Crippen LogP contribution in [-0.4, -0.2) is 39.6 Å². The van der Waals surface area contributed by atoms with Gasteiger partial charge in [-0.05, 0) is 43.2 Å². The first kappa shape index (κ1) is 20.9. The molecule has 1 aliphatic carbocycles. The van der Waals surface area contributed by atoms with Crippen LogP contribution in [0.5, 0.6) is 0 Å². The fourth-order valence-electron chi connectivity index (χ4n) is 4.46. The molecular formula is C22H28N4O3S. The van der Waals surface area contributed by atoms with E-state index in [1.54, 1.807) is 0 Å². The molecule has 1 aliphatic heterocycles. The number of H-pyrrole nitrogens is 1. The summed E-state index contributed by atoms with van der Waals surface area (Å²) in [6, 6.07) is 1.44. The summed E-state index contributed by atoms with van der Waals surface area (Å²) < 4.78 is 0. The van der Waals surface area contributed by atoms with E-state index in [0.717, 1.165) is 25.3 Å². The van der Waals surface area contributed by atoms with Crippen molar-refractivity contribution >= 4 is 28.2 Å². The van der Waals surface area contributed by atoms with Crippen LogP contribution in [0.25, 0.3) is 0 Å². The predicted octanol–water partition coefficient (Wildman–Crippen LogP) is 3.47. The quantitative estimate of drug-likeness (QED) is 0.777. The second-order valence-electron chi connectivity index (χ2n) is 9.43. The zero-order valence-electron chi connectivity index (χ0n) is 17.7. The Labute approximate surface area is 179 Å². The van der Waals surface area contributed by atoms with Gasteiger partial charge in [-0.3, -0.25) is 24.6 Å². The number of thiazole rings is 1. The first-order valence-corrected chi connectivity index (χ1v) is 11.4. The summed E-state index contributed by atoms with van der Waals surface area (Å²) in [6.07, 6.45) is 3.48. The highest BCUT2D eigenvalue weighted by molar-refractivity contribution is 7.14. The van der Waals surface area contributed by atoms with Gasteiger partial charge in [0.25, 0.3) is 11.5 Å². The summed E-state index contributed by atoms with van der Waals surface area (Å²) in [4.78, 5) is 47.3. The maximum absolute atomic E-state index is 12.7. The molecule has 1 fully saturated rings. The number of fused-ring (bicyclic) bond motifs is 1. The minimum absolute atomic E-state index is 0.0427. The second-order valence-corrected chi connectivity index (χ2v) is 10.3. The monoisotopic (exact) mass is 428 g/mol. The molecule has 7 nitrogen and oxygen atoms in total. The first-order valence-electron chi connectivity index (χ1n) is 10.5. The Morgan fingerprint density at radius 3 is 2.93 bits per heavy atom. The lowest BCUT2D eigenvalue weighted by Gasteiger charge is -2.30. The molecule has 2 aromatic rings. The van der Waals surface area contributed by atoms with E-state index in [9.17, 15) is 14.4 Å². The zero-order valence-corrected chi connectivity index (χ0v) is 18.5. The van der Waals surface area contributed by atoms with Crippen LogP contribution < -0.4 is 10.9 Å². The molecule has 160 valence electrons. The zero-order chi connectivity index (χ0) is 21.5. The van der Waals surface area contributed by atoms with Crippen LogP contribution in [0.15, 0.2) is 16.2 Å². The van der Waals surface area contributed by atoms with E-state index in [1.165, 1.54) is 30.2 Å². The topological polar surface area (TPSA) is 95.2 Å². The van der Waals surface area contributed by atoms with Crippen molar-refractivity contribution in [1.82, 2.24) is 14.9 Å². The van der Waals surface area contributed by atoms with Gasteiger partial charge in [0, 0.05) is 36.1 Å². The summed E-state index contributed by atoms with van der Waals surface area (Å²) >= 11 is 1.35. The van der Waals surface area contributed by atoms with E-state index in [1.807, 2.05) is 19.2 Å². The average Bonchev–Trinajstić information content (AvgIpc) is 3.06. The van der Waals surface area contributed by atoms with E-state index in [4.69, 9.17) is 0 Å². The van der Waals surface area contributed by atoms with E-state index in [0.29, 0.717) is 35.1 Å². The summed E-state index contributed by atoms with van der Waals surface area (Å²) in [5.74, 6) is 0.114.